The van der Waals surface area contributed by atoms with Gasteiger partial charge in [0.15, 0.2) is 0 Å². The van der Waals surface area contributed by atoms with Gasteiger partial charge in [-0.1, -0.05) is 20.3 Å². The van der Waals surface area contributed by atoms with Crippen molar-refractivity contribution in [2.75, 3.05) is 6.54 Å². The topological polar surface area (TPSA) is 41.3 Å². The zero-order chi connectivity index (χ0) is 10.3. The van der Waals surface area contributed by atoms with Crippen LogP contribution in [-0.2, 0) is 0 Å². The first-order valence-electron chi connectivity index (χ1n) is 5.40. The Morgan fingerprint density at radius 3 is 2.31 bits per heavy atom. The summed E-state index contributed by atoms with van der Waals surface area (Å²) in [5.74, 6) is 0. The Morgan fingerprint density at radius 1 is 1.31 bits per heavy atom. The van der Waals surface area contributed by atoms with E-state index in [0.717, 1.165) is 13.0 Å². The van der Waals surface area contributed by atoms with Crippen LogP contribution in [0.5, 0.6) is 0 Å². The van der Waals surface area contributed by atoms with Crippen molar-refractivity contribution in [2.45, 2.75) is 59.2 Å². The van der Waals surface area contributed by atoms with E-state index in [1.165, 1.54) is 12.8 Å². The van der Waals surface area contributed by atoms with Gasteiger partial charge >= 0.3 is 0 Å². The highest BCUT2D eigenvalue weighted by atomic mass is 15.5. The van der Waals surface area contributed by atoms with Crippen LogP contribution in [0.2, 0.25) is 0 Å². The number of nitrogens with one attached hydrogen (secondary N) is 1. The lowest BCUT2D eigenvalue weighted by molar-refractivity contribution is 0.105. The summed E-state index contributed by atoms with van der Waals surface area (Å²) in [5.41, 5.74) is 9.34. The molecule has 0 fully saturated rings. The van der Waals surface area contributed by atoms with Gasteiger partial charge in [0.2, 0.25) is 0 Å². The van der Waals surface area contributed by atoms with Crippen molar-refractivity contribution in [1.82, 2.24) is 10.4 Å². The second-order valence-corrected chi connectivity index (χ2v) is 3.81. The monoisotopic (exact) mass is 187 g/mol. The molecule has 0 aliphatic heterocycles. The molecule has 0 amide bonds. The molecule has 1 atom stereocenters. The van der Waals surface area contributed by atoms with Gasteiger partial charge in [0.1, 0.15) is 0 Å². The third kappa shape index (κ3) is 6.02. The number of unbranched alkanes of at least 4 members (excludes halogenated alkanes) is 1. The van der Waals surface area contributed by atoms with Crippen LogP contribution in [0.4, 0.5) is 0 Å². The van der Waals surface area contributed by atoms with Crippen LogP contribution in [-0.4, -0.2) is 23.8 Å². The molecule has 3 nitrogen and oxygen atoms in total. The Morgan fingerprint density at radius 2 is 1.92 bits per heavy atom. The fraction of sp³-hybridized carbons (Fsp3) is 1.00. The molecule has 0 aromatic heterocycles. The number of nitrogens with zero attached hydrogens (tertiary/aromatic N) is 1. The van der Waals surface area contributed by atoms with E-state index in [1.54, 1.807) is 0 Å². The number of hydrogen-bond donors (Lipinski definition) is 2. The minimum atomic E-state index is 0.147. The second-order valence-electron chi connectivity index (χ2n) is 3.81. The third-order valence-corrected chi connectivity index (χ3v) is 2.00. The van der Waals surface area contributed by atoms with Crippen LogP contribution >= 0.6 is 0 Å². The molecular weight excluding hydrogens is 162 g/mol. The molecule has 13 heavy (non-hydrogen) atoms. The van der Waals surface area contributed by atoms with Crippen molar-refractivity contribution in [3.05, 3.63) is 0 Å². The molecule has 0 radical (unpaired) electrons. The van der Waals surface area contributed by atoms with Crippen molar-refractivity contribution >= 4 is 0 Å². The Kier molecular flexibility index (Phi) is 7.23. The van der Waals surface area contributed by atoms with Crippen molar-refractivity contribution in [1.29, 1.82) is 0 Å². The van der Waals surface area contributed by atoms with Crippen LogP contribution in [0.15, 0.2) is 0 Å². The fourth-order valence-corrected chi connectivity index (χ4v) is 1.21. The number of hydrazine groups is 1. The highest BCUT2D eigenvalue weighted by molar-refractivity contribution is 4.62. The van der Waals surface area contributed by atoms with E-state index < -0.39 is 0 Å². The summed E-state index contributed by atoms with van der Waals surface area (Å²) in [6.07, 6.45) is 3.55. The van der Waals surface area contributed by atoms with Crippen molar-refractivity contribution in [3.63, 3.8) is 0 Å². The Bertz CT molecular complexity index is 115. The van der Waals surface area contributed by atoms with Crippen LogP contribution in [0, 0.1) is 0 Å². The van der Waals surface area contributed by atoms with E-state index in [-0.39, 0.29) is 6.17 Å². The minimum Gasteiger partial charge on any atom is -0.315 e. The van der Waals surface area contributed by atoms with Gasteiger partial charge in [-0.05, 0) is 26.7 Å². The Hall–Kier alpha value is -0.120. The zero-order valence-electron chi connectivity index (χ0n) is 9.51. The SMILES string of the molecule is CCCCN(NC(C)C)C(N)CC. The van der Waals surface area contributed by atoms with Gasteiger partial charge in [0, 0.05) is 12.6 Å². The van der Waals surface area contributed by atoms with Crippen LogP contribution < -0.4 is 11.2 Å². The van der Waals surface area contributed by atoms with Gasteiger partial charge in [-0.25, -0.2) is 5.01 Å². The summed E-state index contributed by atoms with van der Waals surface area (Å²) in [6.45, 7) is 9.64. The van der Waals surface area contributed by atoms with E-state index in [2.05, 4.69) is 38.1 Å². The van der Waals surface area contributed by atoms with Crippen LogP contribution in [0.1, 0.15) is 47.0 Å². The molecule has 0 aliphatic rings. The molecule has 0 aromatic rings. The minimum absolute atomic E-state index is 0.147. The summed E-state index contributed by atoms with van der Waals surface area (Å²) in [7, 11) is 0. The smallest absolute Gasteiger partial charge is 0.0705 e. The first kappa shape index (κ1) is 12.9. The summed E-state index contributed by atoms with van der Waals surface area (Å²) < 4.78 is 0. The predicted molar refractivity (Wildman–Crippen MR) is 58.2 cm³/mol. The maximum Gasteiger partial charge on any atom is 0.0705 e. The van der Waals surface area contributed by atoms with Crippen molar-refractivity contribution in [3.8, 4) is 0 Å². The number of nitrogens with two attached hydrogens (primary N) is 1. The first-order valence-corrected chi connectivity index (χ1v) is 5.40. The highest BCUT2D eigenvalue weighted by Gasteiger charge is 2.11. The van der Waals surface area contributed by atoms with Gasteiger partial charge in [-0.2, -0.15) is 0 Å². The lowest BCUT2D eigenvalue weighted by Gasteiger charge is -2.30. The normalized spacial score (nSPS) is 14.1. The molecule has 0 heterocycles. The second kappa shape index (κ2) is 7.30. The average molecular weight is 187 g/mol. The summed E-state index contributed by atoms with van der Waals surface area (Å²) in [6, 6.07) is 0.467. The van der Waals surface area contributed by atoms with Crippen LogP contribution in [0.3, 0.4) is 0 Å². The zero-order valence-corrected chi connectivity index (χ0v) is 9.51. The molecule has 0 saturated carbocycles. The lowest BCUT2D eigenvalue weighted by Crippen LogP contribution is -2.52. The molecule has 1 unspecified atom stereocenters. The summed E-state index contributed by atoms with van der Waals surface area (Å²) >= 11 is 0. The van der Waals surface area contributed by atoms with Crippen molar-refractivity contribution in [2.24, 2.45) is 5.73 Å². The van der Waals surface area contributed by atoms with Gasteiger partial charge in [0.25, 0.3) is 0 Å². The van der Waals surface area contributed by atoms with Gasteiger partial charge in [-0.15, -0.1) is 0 Å². The average Bonchev–Trinajstić information content (AvgIpc) is 2.10. The van der Waals surface area contributed by atoms with E-state index in [0.29, 0.717) is 6.04 Å². The molecule has 0 spiro atoms. The fourth-order valence-electron chi connectivity index (χ4n) is 1.21. The molecule has 0 aliphatic carbocycles. The van der Waals surface area contributed by atoms with E-state index in [4.69, 9.17) is 5.73 Å². The van der Waals surface area contributed by atoms with Gasteiger partial charge in [0.05, 0.1) is 6.17 Å². The van der Waals surface area contributed by atoms with Crippen LogP contribution in [0.25, 0.3) is 0 Å². The number of rotatable bonds is 7. The lowest BCUT2D eigenvalue weighted by atomic mass is 10.3. The first-order chi connectivity index (χ1) is 6.11. The largest absolute Gasteiger partial charge is 0.315 e. The van der Waals surface area contributed by atoms with Gasteiger partial charge in [-0.3, -0.25) is 5.43 Å². The van der Waals surface area contributed by atoms with Gasteiger partial charge < -0.3 is 5.73 Å². The summed E-state index contributed by atoms with van der Waals surface area (Å²) in [5, 5.41) is 2.16. The van der Waals surface area contributed by atoms with E-state index >= 15 is 0 Å². The molecule has 0 rings (SSSR count). The predicted octanol–water partition coefficient (Wildman–Crippen LogP) is 1.70. The molecule has 3 N–H and O–H groups in total. The number of hydrogen-bond acceptors (Lipinski definition) is 3. The maximum absolute atomic E-state index is 5.97. The summed E-state index contributed by atoms with van der Waals surface area (Å²) in [4.78, 5) is 0. The Labute approximate surface area is 82.6 Å². The molecule has 0 aromatic carbocycles. The Balaban J connectivity index is 3.87. The highest BCUT2D eigenvalue weighted by Crippen LogP contribution is 1.99. The molecule has 0 saturated heterocycles. The van der Waals surface area contributed by atoms with Crippen molar-refractivity contribution < 1.29 is 0 Å². The molecular formula is C10H25N3. The third-order valence-electron chi connectivity index (χ3n) is 2.00. The standard InChI is InChI=1S/C10H25N3/c1-5-7-8-13(10(11)6-2)12-9(3)4/h9-10,12H,5-8,11H2,1-4H3. The molecule has 80 valence electrons. The maximum atomic E-state index is 5.97. The van der Waals surface area contributed by atoms with E-state index in [9.17, 15) is 0 Å². The molecule has 0 bridgehead atoms. The quantitative estimate of drug-likeness (QED) is 0.471. The van der Waals surface area contributed by atoms with E-state index in [1.807, 2.05) is 0 Å². The molecule has 3 heteroatoms.